The first-order chi connectivity index (χ1) is 12.3. The first kappa shape index (κ1) is 18.7. The van der Waals surface area contributed by atoms with Gasteiger partial charge in [-0.3, -0.25) is 4.79 Å². The molecule has 0 aromatic heterocycles. The van der Waals surface area contributed by atoms with Crippen molar-refractivity contribution >= 4 is 22.0 Å². The molecule has 2 aliphatic heterocycles. The summed E-state index contributed by atoms with van der Waals surface area (Å²) in [5.74, 6) is -0.145. The van der Waals surface area contributed by atoms with E-state index in [4.69, 9.17) is 5.73 Å². The topological polar surface area (TPSA) is 104 Å². The van der Waals surface area contributed by atoms with Gasteiger partial charge < -0.3 is 15.5 Å². The Kier molecular flexibility index (Phi) is 5.19. The van der Waals surface area contributed by atoms with Crippen molar-refractivity contribution < 1.29 is 18.0 Å². The van der Waals surface area contributed by atoms with Gasteiger partial charge in [-0.05, 0) is 31.9 Å². The summed E-state index contributed by atoms with van der Waals surface area (Å²) >= 11 is 0. The van der Waals surface area contributed by atoms with Gasteiger partial charge in [0.25, 0.3) is 0 Å². The number of primary amides is 1. The van der Waals surface area contributed by atoms with Gasteiger partial charge in [-0.1, -0.05) is 17.7 Å². The second-order valence-electron chi connectivity index (χ2n) is 6.73. The Hall–Kier alpha value is -2.13. The Morgan fingerprint density at radius 3 is 2.23 bits per heavy atom. The van der Waals surface area contributed by atoms with E-state index in [0.29, 0.717) is 26.1 Å². The smallest absolute Gasteiger partial charge is 0.315 e. The summed E-state index contributed by atoms with van der Waals surface area (Å²) in [6.07, 6.45) is 1.35. The molecular formula is C17H24N4O4S. The average molecular weight is 380 g/mol. The maximum atomic E-state index is 12.7. The van der Waals surface area contributed by atoms with Crippen LogP contribution in [0.4, 0.5) is 4.79 Å². The molecule has 0 saturated carbocycles. The second-order valence-corrected chi connectivity index (χ2v) is 8.67. The van der Waals surface area contributed by atoms with Crippen molar-refractivity contribution in [3.63, 3.8) is 0 Å². The number of sulfonamides is 1. The van der Waals surface area contributed by atoms with Gasteiger partial charge in [-0.25, -0.2) is 13.2 Å². The lowest BCUT2D eigenvalue weighted by Crippen LogP contribution is -2.55. The van der Waals surface area contributed by atoms with Crippen molar-refractivity contribution in [3.8, 4) is 0 Å². The predicted molar refractivity (Wildman–Crippen MR) is 95.8 cm³/mol. The third-order valence-corrected chi connectivity index (χ3v) is 6.94. The van der Waals surface area contributed by atoms with E-state index in [2.05, 4.69) is 0 Å². The highest BCUT2D eigenvalue weighted by molar-refractivity contribution is 7.89. The molecule has 0 aliphatic carbocycles. The number of hydrogen-bond donors (Lipinski definition) is 1. The minimum atomic E-state index is -3.56. The summed E-state index contributed by atoms with van der Waals surface area (Å²) < 4.78 is 26.9. The number of nitrogens with zero attached hydrogens (tertiary/aromatic N) is 3. The number of urea groups is 1. The van der Waals surface area contributed by atoms with E-state index in [-0.39, 0.29) is 23.9 Å². The minimum Gasteiger partial charge on any atom is -0.351 e. The molecule has 0 bridgehead atoms. The molecular weight excluding hydrogens is 356 g/mol. The fraction of sp³-hybridized carbons (Fsp3) is 0.529. The van der Waals surface area contributed by atoms with Crippen LogP contribution in [0.15, 0.2) is 29.2 Å². The number of amides is 3. The zero-order chi connectivity index (χ0) is 18.9. The SMILES string of the molecule is Cc1ccc(S(=O)(=O)N2CCN(C(=O)[C@@H]3CCCN3C(N)=O)CC2)cc1. The molecule has 2 aliphatic rings. The summed E-state index contributed by atoms with van der Waals surface area (Å²) in [5.41, 5.74) is 6.33. The van der Waals surface area contributed by atoms with Crippen LogP contribution in [0.1, 0.15) is 18.4 Å². The van der Waals surface area contributed by atoms with Crippen molar-refractivity contribution in [2.24, 2.45) is 5.73 Å². The quantitative estimate of drug-likeness (QED) is 0.818. The number of rotatable bonds is 3. The van der Waals surface area contributed by atoms with E-state index >= 15 is 0 Å². The first-order valence-electron chi connectivity index (χ1n) is 8.72. The van der Waals surface area contributed by atoms with E-state index < -0.39 is 22.1 Å². The highest BCUT2D eigenvalue weighted by Gasteiger charge is 2.38. The van der Waals surface area contributed by atoms with Crippen LogP contribution < -0.4 is 5.73 Å². The molecule has 1 aromatic rings. The number of nitrogens with two attached hydrogens (primary N) is 1. The Balaban J connectivity index is 1.64. The van der Waals surface area contributed by atoms with Crippen LogP contribution in [0, 0.1) is 6.92 Å². The summed E-state index contributed by atoms with van der Waals surface area (Å²) in [4.78, 5) is 27.4. The van der Waals surface area contributed by atoms with Crippen LogP contribution in [-0.2, 0) is 14.8 Å². The molecule has 1 aromatic carbocycles. The van der Waals surface area contributed by atoms with Gasteiger partial charge in [0.2, 0.25) is 15.9 Å². The Bertz CT molecular complexity index is 785. The number of likely N-dealkylation sites (tertiary alicyclic amines) is 1. The average Bonchev–Trinajstić information content (AvgIpc) is 3.11. The van der Waals surface area contributed by atoms with Crippen LogP contribution in [0.5, 0.6) is 0 Å². The molecule has 3 rings (SSSR count). The van der Waals surface area contributed by atoms with Crippen LogP contribution in [0.2, 0.25) is 0 Å². The molecule has 2 saturated heterocycles. The molecule has 2 N–H and O–H groups in total. The van der Waals surface area contributed by atoms with E-state index in [9.17, 15) is 18.0 Å². The number of aryl methyl sites for hydroxylation is 1. The molecule has 26 heavy (non-hydrogen) atoms. The van der Waals surface area contributed by atoms with E-state index in [0.717, 1.165) is 12.0 Å². The zero-order valence-corrected chi connectivity index (χ0v) is 15.6. The molecule has 2 fully saturated rings. The number of piperazine rings is 1. The Labute approximate surface area is 153 Å². The van der Waals surface area contributed by atoms with Crippen molar-refractivity contribution in [3.05, 3.63) is 29.8 Å². The fourth-order valence-electron chi connectivity index (χ4n) is 3.51. The third-order valence-electron chi connectivity index (χ3n) is 5.03. The van der Waals surface area contributed by atoms with Gasteiger partial charge in [0, 0.05) is 32.7 Å². The summed E-state index contributed by atoms with van der Waals surface area (Å²) in [5, 5.41) is 0. The van der Waals surface area contributed by atoms with E-state index in [1.165, 1.54) is 9.21 Å². The molecule has 3 amide bonds. The highest BCUT2D eigenvalue weighted by atomic mass is 32.2. The monoisotopic (exact) mass is 380 g/mol. The highest BCUT2D eigenvalue weighted by Crippen LogP contribution is 2.22. The largest absolute Gasteiger partial charge is 0.351 e. The number of benzene rings is 1. The zero-order valence-electron chi connectivity index (χ0n) is 14.8. The molecule has 142 valence electrons. The van der Waals surface area contributed by atoms with Gasteiger partial charge in [0.15, 0.2) is 0 Å². The summed E-state index contributed by atoms with van der Waals surface area (Å²) in [7, 11) is -3.56. The van der Waals surface area contributed by atoms with E-state index in [1.807, 2.05) is 6.92 Å². The lowest BCUT2D eigenvalue weighted by molar-refractivity contribution is -0.136. The fourth-order valence-corrected chi connectivity index (χ4v) is 4.93. The van der Waals surface area contributed by atoms with Crippen LogP contribution in [-0.4, -0.2) is 73.2 Å². The number of hydrogen-bond acceptors (Lipinski definition) is 4. The van der Waals surface area contributed by atoms with Gasteiger partial charge in [0.05, 0.1) is 4.90 Å². The minimum absolute atomic E-state index is 0.145. The van der Waals surface area contributed by atoms with Gasteiger partial charge >= 0.3 is 6.03 Å². The molecule has 0 spiro atoms. The molecule has 2 heterocycles. The maximum absolute atomic E-state index is 12.7. The van der Waals surface area contributed by atoms with Crippen molar-refractivity contribution in [1.82, 2.24) is 14.1 Å². The maximum Gasteiger partial charge on any atom is 0.315 e. The standard InChI is InChI=1S/C17H24N4O4S/c1-13-4-6-14(7-5-13)26(24,25)20-11-9-19(10-12-20)16(22)15-3-2-8-21(15)17(18)23/h4-7,15H,2-3,8-12H2,1H3,(H2,18,23)/t15-/m0/s1. The normalized spacial score (nSPS) is 21.8. The molecule has 0 unspecified atom stereocenters. The van der Waals surface area contributed by atoms with Crippen molar-refractivity contribution in [2.45, 2.75) is 30.7 Å². The molecule has 1 atom stereocenters. The van der Waals surface area contributed by atoms with Crippen LogP contribution in [0.25, 0.3) is 0 Å². The number of carbonyl (C=O) groups excluding carboxylic acids is 2. The van der Waals surface area contributed by atoms with Crippen LogP contribution in [0.3, 0.4) is 0 Å². The Morgan fingerprint density at radius 1 is 1.04 bits per heavy atom. The van der Waals surface area contributed by atoms with Gasteiger partial charge in [-0.15, -0.1) is 0 Å². The molecule has 0 radical (unpaired) electrons. The summed E-state index contributed by atoms with van der Waals surface area (Å²) in [6.45, 7) is 3.50. The second kappa shape index (κ2) is 7.24. The molecule has 9 heteroatoms. The summed E-state index contributed by atoms with van der Waals surface area (Å²) in [6, 6.07) is 5.64. The predicted octanol–water partition coefficient (Wildman–Crippen LogP) is 0.371. The lowest BCUT2D eigenvalue weighted by atomic mass is 10.2. The van der Waals surface area contributed by atoms with Crippen LogP contribution >= 0.6 is 0 Å². The third kappa shape index (κ3) is 3.54. The van der Waals surface area contributed by atoms with E-state index in [1.54, 1.807) is 29.2 Å². The number of carbonyl (C=O) groups is 2. The van der Waals surface area contributed by atoms with Crippen molar-refractivity contribution in [2.75, 3.05) is 32.7 Å². The van der Waals surface area contributed by atoms with Crippen molar-refractivity contribution in [1.29, 1.82) is 0 Å². The molecule has 8 nitrogen and oxygen atoms in total. The van der Waals surface area contributed by atoms with Gasteiger partial charge in [0.1, 0.15) is 6.04 Å². The lowest BCUT2D eigenvalue weighted by Gasteiger charge is -2.36. The van der Waals surface area contributed by atoms with Gasteiger partial charge in [-0.2, -0.15) is 4.31 Å². The first-order valence-corrected chi connectivity index (χ1v) is 10.2. The Morgan fingerprint density at radius 2 is 1.65 bits per heavy atom.